The van der Waals surface area contributed by atoms with Gasteiger partial charge in [0, 0.05) is 22.8 Å². The number of para-hydroxylation sites is 1. The molecular weight excluding hydrogens is 376 g/mol. The van der Waals surface area contributed by atoms with Gasteiger partial charge < -0.3 is 15.3 Å². The number of rotatable bonds is 5. The number of benzene rings is 3. The smallest absolute Gasteiger partial charge is 0.174 e. The molecule has 0 aliphatic carbocycles. The number of anilines is 1. The van der Waals surface area contributed by atoms with Gasteiger partial charge in [0.1, 0.15) is 5.75 Å². The minimum atomic E-state index is -0.120. The molecule has 3 aromatic rings. The van der Waals surface area contributed by atoms with Crippen LogP contribution in [0, 0.1) is 0 Å². The monoisotopic (exact) mass is 396 g/mol. The Labute approximate surface area is 170 Å². The lowest BCUT2D eigenvalue weighted by molar-refractivity contribution is 0.324. The third-order valence-electron chi connectivity index (χ3n) is 4.39. The summed E-state index contributed by atoms with van der Waals surface area (Å²) in [6.07, 6.45) is 0. The Kier molecular flexibility index (Phi) is 6.32. The average molecular weight is 397 g/mol. The molecule has 0 amide bonds. The van der Waals surface area contributed by atoms with Crippen molar-refractivity contribution in [2.45, 2.75) is 19.5 Å². The summed E-state index contributed by atoms with van der Waals surface area (Å²) in [4.78, 5) is 2.06. The standard InChI is InChI=1S/C22H21ClN2OS/c1-16(20-12-5-6-13-21(20)26)25(15-17-8-3-2-4-9-17)22(27)24-19-11-7-10-18(23)14-19/h2-14,16,26H,15H2,1H3,(H,24,27). The van der Waals surface area contributed by atoms with E-state index >= 15 is 0 Å². The van der Waals surface area contributed by atoms with Crippen molar-refractivity contribution in [3.63, 3.8) is 0 Å². The predicted octanol–water partition coefficient (Wildman–Crippen LogP) is 6.01. The SMILES string of the molecule is CC(c1ccccc1O)N(Cc1ccccc1)C(=S)Nc1cccc(Cl)c1. The van der Waals surface area contributed by atoms with Crippen LogP contribution in [0.25, 0.3) is 0 Å². The fourth-order valence-corrected chi connectivity index (χ4v) is 3.47. The van der Waals surface area contributed by atoms with Crippen LogP contribution >= 0.6 is 23.8 Å². The molecule has 0 saturated carbocycles. The van der Waals surface area contributed by atoms with E-state index in [0.29, 0.717) is 16.7 Å². The van der Waals surface area contributed by atoms with Gasteiger partial charge in [-0.25, -0.2) is 0 Å². The van der Waals surface area contributed by atoms with Crippen LogP contribution < -0.4 is 5.32 Å². The number of thiocarbonyl (C=S) groups is 1. The number of halogens is 1. The van der Waals surface area contributed by atoms with E-state index in [4.69, 9.17) is 23.8 Å². The van der Waals surface area contributed by atoms with Gasteiger partial charge in [0.05, 0.1) is 6.04 Å². The quantitative estimate of drug-likeness (QED) is 0.518. The van der Waals surface area contributed by atoms with Crippen LogP contribution in [0.1, 0.15) is 24.1 Å². The zero-order valence-corrected chi connectivity index (χ0v) is 16.5. The van der Waals surface area contributed by atoms with Crippen LogP contribution in [-0.4, -0.2) is 15.1 Å². The molecule has 0 radical (unpaired) electrons. The Morgan fingerprint density at radius 1 is 1.04 bits per heavy atom. The second-order valence-corrected chi connectivity index (χ2v) is 7.11. The molecule has 0 aliphatic heterocycles. The number of aromatic hydroxyl groups is 1. The van der Waals surface area contributed by atoms with Crippen molar-refractivity contribution in [3.05, 3.63) is 95.0 Å². The molecule has 138 valence electrons. The number of hydrogen-bond acceptors (Lipinski definition) is 2. The van der Waals surface area contributed by atoms with Crippen LogP contribution in [0.15, 0.2) is 78.9 Å². The van der Waals surface area contributed by atoms with E-state index in [1.54, 1.807) is 6.07 Å². The van der Waals surface area contributed by atoms with Gasteiger partial charge in [-0.3, -0.25) is 0 Å². The van der Waals surface area contributed by atoms with Gasteiger partial charge in [-0.05, 0) is 49.0 Å². The minimum absolute atomic E-state index is 0.120. The molecule has 0 bridgehead atoms. The van der Waals surface area contributed by atoms with Crippen LogP contribution in [0.2, 0.25) is 5.02 Å². The third-order valence-corrected chi connectivity index (χ3v) is 4.96. The maximum atomic E-state index is 10.3. The molecule has 1 unspecified atom stereocenters. The Morgan fingerprint density at radius 3 is 2.44 bits per heavy atom. The van der Waals surface area contributed by atoms with Crippen molar-refractivity contribution in [2.75, 3.05) is 5.32 Å². The normalized spacial score (nSPS) is 11.6. The molecule has 1 atom stereocenters. The number of phenolic OH excluding ortho intramolecular Hbond substituents is 1. The first-order valence-corrected chi connectivity index (χ1v) is 9.48. The molecule has 0 aromatic heterocycles. The molecule has 0 spiro atoms. The zero-order valence-electron chi connectivity index (χ0n) is 15.0. The van der Waals surface area contributed by atoms with E-state index in [-0.39, 0.29) is 11.8 Å². The maximum absolute atomic E-state index is 10.3. The van der Waals surface area contributed by atoms with Crippen molar-refractivity contribution >= 4 is 34.6 Å². The van der Waals surface area contributed by atoms with Crippen LogP contribution in [0.3, 0.4) is 0 Å². The van der Waals surface area contributed by atoms with E-state index in [2.05, 4.69) is 22.3 Å². The second-order valence-electron chi connectivity index (χ2n) is 6.29. The first-order chi connectivity index (χ1) is 13.0. The highest BCUT2D eigenvalue weighted by molar-refractivity contribution is 7.80. The van der Waals surface area contributed by atoms with Gasteiger partial charge in [-0.1, -0.05) is 66.2 Å². The molecule has 27 heavy (non-hydrogen) atoms. The molecule has 0 aliphatic rings. The number of hydrogen-bond donors (Lipinski definition) is 2. The number of phenols is 1. The van der Waals surface area contributed by atoms with E-state index in [1.165, 1.54) is 0 Å². The van der Waals surface area contributed by atoms with E-state index < -0.39 is 0 Å². The maximum Gasteiger partial charge on any atom is 0.174 e. The van der Waals surface area contributed by atoms with Gasteiger partial charge in [0.15, 0.2) is 5.11 Å². The lowest BCUT2D eigenvalue weighted by Gasteiger charge is -2.32. The summed E-state index contributed by atoms with van der Waals surface area (Å²) in [5.41, 5.74) is 2.79. The highest BCUT2D eigenvalue weighted by Crippen LogP contribution is 2.30. The molecule has 3 rings (SSSR count). The fraction of sp³-hybridized carbons (Fsp3) is 0.136. The summed E-state index contributed by atoms with van der Waals surface area (Å²) in [7, 11) is 0. The number of nitrogens with zero attached hydrogens (tertiary/aromatic N) is 1. The van der Waals surface area contributed by atoms with E-state index in [9.17, 15) is 5.11 Å². The lowest BCUT2D eigenvalue weighted by atomic mass is 10.1. The Balaban J connectivity index is 1.89. The molecular formula is C22H21ClN2OS. The highest BCUT2D eigenvalue weighted by atomic mass is 35.5. The van der Waals surface area contributed by atoms with Gasteiger partial charge >= 0.3 is 0 Å². The molecule has 5 heteroatoms. The predicted molar refractivity (Wildman–Crippen MR) is 116 cm³/mol. The van der Waals surface area contributed by atoms with Gasteiger partial charge in [-0.15, -0.1) is 0 Å². The van der Waals surface area contributed by atoms with Crippen LogP contribution in [0.4, 0.5) is 5.69 Å². The van der Waals surface area contributed by atoms with Gasteiger partial charge in [0.25, 0.3) is 0 Å². The topological polar surface area (TPSA) is 35.5 Å². The van der Waals surface area contributed by atoms with Crippen molar-refractivity contribution in [3.8, 4) is 5.75 Å². The summed E-state index contributed by atoms with van der Waals surface area (Å²) >= 11 is 11.8. The lowest BCUT2D eigenvalue weighted by Crippen LogP contribution is -2.36. The second kappa shape index (κ2) is 8.89. The zero-order chi connectivity index (χ0) is 19.2. The fourth-order valence-electron chi connectivity index (χ4n) is 2.93. The Bertz CT molecular complexity index is 917. The Morgan fingerprint density at radius 2 is 1.74 bits per heavy atom. The van der Waals surface area contributed by atoms with Crippen molar-refractivity contribution in [1.82, 2.24) is 4.90 Å². The minimum Gasteiger partial charge on any atom is -0.508 e. The highest BCUT2D eigenvalue weighted by Gasteiger charge is 2.21. The van der Waals surface area contributed by atoms with E-state index in [0.717, 1.165) is 16.8 Å². The molecule has 2 N–H and O–H groups in total. The van der Waals surface area contributed by atoms with Gasteiger partial charge in [-0.2, -0.15) is 0 Å². The first kappa shape index (κ1) is 19.2. The summed E-state index contributed by atoms with van der Waals surface area (Å²) in [6, 6.07) is 24.8. The van der Waals surface area contributed by atoms with Crippen LogP contribution in [-0.2, 0) is 6.54 Å². The number of nitrogens with one attached hydrogen (secondary N) is 1. The summed E-state index contributed by atoms with van der Waals surface area (Å²) in [5, 5.41) is 14.8. The third kappa shape index (κ3) is 5.00. The molecule has 3 nitrogen and oxygen atoms in total. The largest absolute Gasteiger partial charge is 0.508 e. The van der Waals surface area contributed by atoms with Crippen molar-refractivity contribution < 1.29 is 5.11 Å². The summed E-state index contributed by atoms with van der Waals surface area (Å²) < 4.78 is 0. The molecule has 0 fully saturated rings. The average Bonchev–Trinajstić information content (AvgIpc) is 2.67. The van der Waals surface area contributed by atoms with Crippen molar-refractivity contribution in [1.29, 1.82) is 0 Å². The molecule has 0 heterocycles. The van der Waals surface area contributed by atoms with E-state index in [1.807, 2.05) is 67.6 Å². The van der Waals surface area contributed by atoms with Crippen LogP contribution in [0.5, 0.6) is 5.75 Å². The Hall–Kier alpha value is -2.56. The molecule has 3 aromatic carbocycles. The summed E-state index contributed by atoms with van der Waals surface area (Å²) in [5.74, 6) is 0.258. The first-order valence-electron chi connectivity index (χ1n) is 8.69. The summed E-state index contributed by atoms with van der Waals surface area (Å²) in [6.45, 7) is 2.65. The van der Waals surface area contributed by atoms with Crippen molar-refractivity contribution in [2.24, 2.45) is 0 Å². The molecule has 0 saturated heterocycles. The van der Waals surface area contributed by atoms with Gasteiger partial charge in [0.2, 0.25) is 0 Å².